The maximum absolute atomic E-state index is 11.6. The summed E-state index contributed by atoms with van der Waals surface area (Å²) in [6, 6.07) is -0.640. The smallest absolute Gasteiger partial charge is 0.322 e. The fraction of sp³-hybridized carbons (Fsp3) is 0.846. The Balaban J connectivity index is 3.77. The topological polar surface area (TPSA) is 123 Å². The van der Waals surface area contributed by atoms with Crippen molar-refractivity contribution in [2.75, 3.05) is 19.8 Å². The third-order valence-electron chi connectivity index (χ3n) is 2.79. The summed E-state index contributed by atoms with van der Waals surface area (Å²) in [5.74, 6) is -0.487. The van der Waals surface area contributed by atoms with Crippen LogP contribution in [0.1, 0.15) is 40.0 Å². The maximum Gasteiger partial charge on any atom is 0.322 e. The van der Waals surface area contributed by atoms with Crippen LogP contribution in [0.25, 0.3) is 0 Å². The molecule has 0 bridgehead atoms. The molecule has 0 fully saturated rings. The molecule has 0 spiro atoms. The van der Waals surface area contributed by atoms with Gasteiger partial charge in [0.25, 0.3) is 0 Å². The van der Waals surface area contributed by atoms with Gasteiger partial charge in [0.15, 0.2) is 5.96 Å². The Morgan fingerprint density at radius 1 is 1.45 bits per heavy atom. The summed E-state index contributed by atoms with van der Waals surface area (Å²) in [4.78, 5) is 11.6. The Morgan fingerprint density at radius 3 is 2.65 bits per heavy atom. The molecule has 0 heterocycles. The molecule has 0 aromatic rings. The normalized spacial score (nSPS) is 12.8. The fourth-order valence-electron chi connectivity index (χ4n) is 1.63. The minimum Gasteiger partial charge on any atom is -0.464 e. The van der Waals surface area contributed by atoms with Crippen LogP contribution in [0, 0.1) is 5.41 Å². The van der Waals surface area contributed by atoms with E-state index in [9.17, 15) is 4.79 Å². The van der Waals surface area contributed by atoms with Gasteiger partial charge >= 0.3 is 5.97 Å². The van der Waals surface area contributed by atoms with Crippen molar-refractivity contribution < 1.29 is 14.3 Å². The van der Waals surface area contributed by atoms with E-state index in [1.165, 1.54) is 0 Å². The summed E-state index contributed by atoms with van der Waals surface area (Å²) in [7, 11) is 0. The van der Waals surface area contributed by atoms with Crippen LogP contribution in [0.5, 0.6) is 0 Å². The summed E-state index contributed by atoms with van der Waals surface area (Å²) in [6.45, 7) is 7.29. The molecule has 0 aliphatic heterocycles. The summed E-state index contributed by atoms with van der Waals surface area (Å²) in [5, 5.41) is 9.63. The number of carbonyl (C=O) groups excluding carboxylic acids is 1. The van der Waals surface area contributed by atoms with Gasteiger partial charge in [0.1, 0.15) is 6.04 Å². The van der Waals surface area contributed by atoms with E-state index in [2.05, 4.69) is 5.32 Å². The average molecular weight is 288 g/mol. The summed E-state index contributed by atoms with van der Waals surface area (Å²) >= 11 is 0. The van der Waals surface area contributed by atoms with Crippen molar-refractivity contribution in [3.63, 3.8) is 0 Å². The Hall–Kier alpha value is -1.34. The molecule has 118 valence electrons. The monoisotopic (exact) mass is 288 g/mol. The van der Waals surface area contributed by atoms with E-state index in [1.54, 1.807) is 0 Å². The van der Waals surface area contributed by atoms with Crippen molar-refractivity contribution >= 4 is 11.9 Å². The Morgan fingerprint density at radius 2 is 2.10 bits per heavy atom. The van der Waals surface area contributed by atoms with Crippen molar-refractivity contribution in [2.45, 2.75) is 51.7 Å². The minimum atomic E-state index is -0.640. The summed E-state index contributed by atoms with van der Waals surface area (Å²) in [6.07, 6.45) is 1.78. The van der Waals surface area contributed by atoms with Crippen LogP contribution in [0.3, 0.4) is 0 Å². The third kappa shape index (κ3) is 9.57. The van der Waals surface area contributed by atoms with Gasteiger partial charge in [-0.3, -0.25) is 10.2 Å². The number of esters is 1. The quantitative estimate of drug-likeness (QED) is 0.199. The first-order valence-corrected chi connectivity index (χ1v) is 6.92. The van der Waals surface area contributed by atoms with Crippen molar-refractivity contribution in [3.05, 3.63) is 0 Å². The number of hydrogen-bond acceptors (Lipinski definition) is 5. The van der Waals surface area contributed by atoms with Gasteiger partial charge in [0, 0.05) is 19.6 Å². The molecule has 0 aromatic carbocycles. The molecular weight excluding hydrogens is 260 g/mol. The van der Waals surface area contributed by atoms with Crippen LogP contribution in [0.2, 0.25) is 0 Å². The lowest BCUT2D eigenvalue weighted by Crippen LogP contribution is -2.36. The number of nitrogens with two attached hydrogens (primary N) is 2. The molecule has 6 N–H and O–H groups in total. The third-order valence-corrected chi connectivity index (χ3v) is 2.79. The maximum atomic E-state index is 11.6. The van der Waals surface area contributed by atoms with Gasteiger partial charge in [-0.2, -0.15) is 0 Å². The molecule has 0 aliphatic carbocycles. The summed E-state index contributed by atoms with van der Waals surface area (Å²) in [5.41, 5.74) is 10.6. The van der Waals surface area contributed by atoms with Gasteiger partial charge in [-0.1, -0.05) is 0 Å². The van der Waals surface area contributed by atoms with Crippen molar-refractivity contribution in [1.29, 1.82) is 5.41 Å². The van der Waals surface area contributed by atoms with Crippen molar-refractivity contribution in [3.8, 4) is 0 Å². The standard InChI is InChI=1S/C13H28N4O3/c1-4-20-13(2,3)7-9-19-11(18)10(14)6-5-8-17-12(15)16/h10H,4-9,14H2,1-3H3,(H4,15,16,17). The molecule has 7 nitrogen and oxygen atoms in total. The zero-order valence-electron chi connectivity index (χ0n) is 12.7. The van der Waals surface area contributed by atoms with Crippen molar-refractivity contribution in [2.24, 2.45) is 11.5 Å². The minimum absolute atomic E-state index is 0.0840. The first-order valence-electron chi connectivity index (χ1n) is 6.92. The van der Waals surface area contributed by atoms with Crippen LogP contribution >= 0.6 is 0 Å². The largest absolute Gasteiger partial charge is 0.464 e. The molecule has 0 rings (SSSR count). The number of hydrogen-bond donors (Lipinski definition) is 4. The van der Waals surface area contributed by atoms with Crippen LogP contribution in [-0.2, 0) is 14.3 Å². The molecule has 0 saturated heterocycles. The molecule has 0 amide bonds. The van der Waals surface area contributed by atoms with Gasteiger partial charge in [0.2, 0.25) is 0 Å². The highest BCUT2D eigenvalue weighted by molar-refractivity contribution is 5.75. The lowest BCUT2D eigenvalue weighted by Gasteiger charge is -2.24. The molecule has 20 heavy (non-hydrogen) atoms. The van der Waals surface area contributed by atoms with E-state index in [-0.39, 0.29) is 11.6 Å². The Bertz CT molecular complexity index is 308. The van der Waals surface area contributed by atoms with E-state index >= 15 is 0 Å². The van der Waals surface area contributed by atoms with Crippen LogP contribution in [0.15, 0.2) is 0 Å². The number of nitrogens with one attached hydrogen (secondary N) is 2. The second-order valence-corrected chi connectivity index (χ2v) is 5.20. The lowest BCUT2D eigenvalue weighted by molar-refractivity contribution is -0.147. The molecule has 0 aromatic heterocycles. The van der Waals surface area contributed by atoms with Crippen LogP contribution in [0.4, 0.5) is 0 Å². The molecule has 1 unspecified atom stereocenters. The summed E-state index contributed by atoms with van der Waals surface area (Å²) < 4.78 is 10.6. The molecule has 0 saturated carbocycles. The Labute approximate surface area is 120 Å². The van der Waals surface area contributed by atoms with Gasteiger partial charge in [0.05, 0.1) is 12.2 Å². The number of rotatable bonds is 10. The molecule has 0 radical (unpaired) electrons. The molecular formula is C13H28N4O3. The second-order valence-electron chi connectivity index (χ2n) is 5.20. The number of guanidine groups is 1. The average Bonchev–Trinajstić information content (AvgIpc) is 2.33. The van der Waals surface area contributed by atoms with E-state index in [0.29, 0.717) is 39.0 Å². The lowest BCUT2D eigenvalue weighted by atomic mass is 10.1. The van der Waals surface area contributed by atoms with Crippen LogP contribution < -0.4 is 16.8 Å². The predicted molar refractivity (Wildman–Crippen MR) is 78.4 cm³/mol. The van der Waals surface area contributed by atoms with E-state index in [0.717, 1.165) is 0 Å². The number of ether oxygens (including phenoxy) is 2. The first kappa shape index (κ1) is 18.7. The van der Waals surface area contributed by atoms with Gasteiger partial charge in [-0.15, -0.1) is 0 Å². The molecule has 0 aliphatic rings. The highest BCUT2D eigenvalue weighted by Gasteiger charge is 2.20. The van der Waals surface area contributed by atoms with Crippen molar-refractivity contribution in [1.82, 2.24) is 5.32 Å². The predicted octanol–water partition coefficient (Wildman–Crippen LogP) is 0.325. The van der Waals surface area contributed by atoms with E-state index in [4.69, 9.17) is 26.4 Å². The molecule has 7 heteroatoms. The Kier molecular flexibility index (Phi) is 8.91. The zero-order valence-corrected chi connectivity index (χ0v) is 12.7. The number of carbonyl (C=O) groups is 1. The van der Waals surface area contributed by atoms with Crippen LogP contribution in [-0.4, -0.2) is 43.3 Å². The fourth-order valence-corrected chi connectivity index (χ4v) is 1.63. The van der Waals surface area contributed by atoms with Gasteiger partial charge in [-0.05, 0) is 33.6 Å². The highest BCUT2D eigenvalue weighted by atomic mass is 16.5. The second kappa shape index (κ2) is 9.55. The van der Waals surface area contributed by atoms with Gasteiger partial charge < -0.3 is 26.3 Å². The zero-order chi connectivity index (χ0) is 15.6. The first-order chi connectivity index (χ1) is 9.28. The highest BCUT2D eigenvalue weighted by Crippen LogP contribution is 2.14. The van der Waals surface area contributed by atoms with E-state index < -0.39 is 12.0 Å². The van der Waals surface area contributed by atoms with E-state index in [1.807, 2.05) is 20.8 Å². The SMILES string of the molecule is CCOC(C)(C)CCOC(=O)C(N)CCCNC(=N)N. The van der Waals surface area contributed by atoms with Gasteiger partial charge in [-0.25, -0.2) is 0 Å². The molecule has 1 atom stereocenters.